The van der Waals surface area contributed by atoms with Gasteiger partial charge >= 0.3 is 0 Å². The Bertz CT molecular complexity index is 178. The molecule has 0 unspecified atom stereocenters. The molecule has 0 spiro atoms. The van der Waals surface area contributed by atoms with Crippen molar-refractivity contribution in [2.75, 3.05) is 0 Å². The molecule has 1 aliphatic rings. The number of carbonyl (C=O) groups excluding carboxylic acids is 2. The maximum atomic E-state index is 11.3. The van der Waals surface area contributed by atoms with Gasteiger partial charge in [0.15, 0.2) is 0 Å². The Balaban J connectivity index is 2.57. The quantitative estimate of drug-likeness (QED) is 0.591. The summed E-state index contributed by atoms with van der Waals surface area (Å²) in [7, 11) is 0. The number of ketones is 2. The highest BCUT2D eigenvalue weighted by Gasteiger charge is 2.29. The third kappa shape index (κ3) is 2.16. The Morgan fingerprint density at radius 3 is 2.17 bits per heavy atom. The molecule has 1 fully saturated rings. The molecule has 1 rings (SSSR count). The summed E-state index contributed by atoms with van der Waals surface area (Å²) < 4.78 is 0. The summed E-state index contributed by atoms with van der Waals surface area (Å²) in [6.45, 7) is 4.10. The standard InChI is InChI=1S/C10H16O2/c1-7(2)6-8-9(11)4-3-5-10(8)12/h7-8H,3-6H2,1-2H3. The number of Topliss-reactive ketones (excluding diaryl/α,β-unsaturated/α-hetero) is 2. The summed E-state index contributed by atoms with van der Waals surface area (Å²) in [6, 6.07) is 0. The highest BCUT2D eigenvalue weighted by atomic mass is 16.2. The van der Waals surface area contributed by atoms with Gasteiger partial charge in [0.05, 0.1) is 5.92 Å². The van der Waals surface area contributed by atoms with Crippen LogP contribution in [-0.4, -0.2) is 11.6 Å². The fraction of sp³-hybridized carbons (Fsp3) is 0.800. The molecular weight excluding hydrogens is 152 g/mol. The molecule has 12 heavy (non-hydrogen) atoms. The SMILES string of the molecule is CC(C)CC1C(=O)CCCC1=O. The van der Waals surface area contributed by atoms with E-state index in [9.17, 15) is 9.59 Å². The molecule has 0 aromatic rings. The molecule has 0 bridgehead atoms. The van der Waals surface area contributed by atoms with Crippen molar-refractivity contribution in [3.05, 3.63) is 0 Å². The molecule has 0 aromatic carbocycles. The Morgan fingerprint density at radius 1 is 1.25 bits per heavy atom. The first kappa shape index (κ1) is 9.43. The first-order chi connectivity index (χ1) is 5.61. The highest BCUT2D eigenvalue weighted by Crippen LogP contribution is 2.23. The fourth-order valence-electron chi connectivity index (χ4n) is 1.70. The van der Waals surface area contributed by atoms with Gasteiger partial charge in [-0.25, -0.2) is 0 Å². The van der Waals surface area contributed by atoms with Crippen LogP contribution in [0.25, 0.3) is 0 Å². The summed E-state index contributed by atoms with van der Waals surface area (Å²) in [4.78, 5) is 22.6. The van der Waals surface area contributed by atoms with E-state index in [-0.39, 0.29) is 17.5 Å². The van der Waals surface area contributed by atoms with Crippen LogP contribution in [0.15, 0.2) is 0 Å². The van der Waals surface area contributed by atoms with Crippen LogP contribution in [0.2, 0.25) is 0 Å². The summed E-state index contributed by atoms with van der Waals surface area (Å²) >= 11 is 0. The van der Waals surface area contributed by atoms with Crippen LogP contribution in [0.1, 0.15) is 39.5 Å². The first-order valence-electron chi connectivity index (χ1n) is 4.66. The van der Waals surface area contributed by atoms with E-state index in [2.05, 4.69) is 13.8 Å². The summed E-state index contributed by atoms with van der Waals surface area (Å²) in [5, 5.41) is 0. The molecule has 0 aliphatic heterocycles. The minimum atomic E-state index is -0.265. The van der Waals surface area contributed by atoms with Crippen molar-refractivity contribution in [3.8, 4) is 0 Å². The molecule has 1 aliphatic carbocycles. The average molecular weight is 168 g/mol. The number of hydrogen-bond acceptors (Lipinski definition) is 2. The highest BCUT2D eigenvalue weighted by molar-refractivity contribution is 6.04. The van der Waals surface area contributed by atoms with E-state index in [0.717, 1.165) is 12.8 Å². The van der Waals surface area contributed by atoms with Crippen LogP contribution in [0, 0.1) is 11.8 Å². The molecule has 0 amide bonds. The van der Waals surface area contributed by atoms with Crippen LogP contribution < -0.4 is 0 Å². The molecule has 0 radical (unpaired) electrons. The zero-order valence-corrected chi connectivity index (χ0v) is 7.80. The van der Waals surface area contributed by atoms with Gasteiger partial charge in [-0.1, -0.05) is 13.8 Å². The molecule has 68 valence electrons. The van der Waals surface area contributed by atoms with Crippen LogP contribution in [-0.2, 0) is 9.59 Å². The lowest BCUT2D eigenvalue weighted by atomic mass is 9.82. The smallest absolute Gasteiger partial charge is 0.143 e. The molecule has 2 heteroatoms. The van der Waals surface area contributed by atoms with Gasteiger partial charge in [-0.2, -0.15) is 0 Å². The molecule has 0 atom stereocenters. The van der Waals surface area contributed by atoms with Gasteiger partial charge in [0.25, 0.3) is 0 Å². The fourth-order valence-corrected chi connectivity index (χ4v) is 1.70. The monoisotopic (exact) mass is 168 g/mol. The van der Waals surface area contributed by atoms with Gasteiger partial charge < -0.3 is 0 Å². The maximum Gasteiger partial charge on any atom is 0.143 e. The van der Waals surface area contributed by atoms with E-state index >= 15 is 0 Å². The second kappa shape index (κ2) is 3.83. The summed E-state index contributed by atoms with van der Waals surface area (Å²) in [5.74, 6) is 0.514. The molecule has 2 nitrogen and oxygen atoms in total. The van der Waals surface area contributed by atoms with Crippen molar-refractivity contribution in [2.45, 2.75) is 39.5 Å². The number of carbonyl (C=O) groups is 2. The van der Waals surface area contributed by atoms with Crippen molar-refractivity contribution < 1.29 is 9.59 Å². The van der Waals surface area contributed by atoms with Crippen molar-refractivity contribution in [2.24, 2.45) is 11.8 Å². The Kier molecular flexibility index (Phi) is 3.01. The predicted octanol–water partition coefficient (Wildman–Crippen LogP) is 1.97. The van der Waals surface area contributed by atoms with E-state index in [1.54, 1.807) is 0 Å². The van der Waals surface area contributed by atoms with Gasteiger partial charge in [-0.05, 0) is 18.8 Å². The van der Waals surface area contributed by atoms with E-state index < -0.39 is 0 Å². The van der Waals surface area contributed by atoms with Gasteiger partial charge in [0.1, 0.15) is 11.6 Å². The summed E-state index contributed by atoms with van der Waals surface area (Å²) in [5.41, 5.74) is 0. The minimum Gasteiger partial charge on any atom is -0.299 e. The van der Waals surface area contributed by atoms with Crippen LogP contribution in [0.3, 0.4) is 0 Å². The third-order valence-corrected chi connectivity index (χ3v) is 2.33. The van der Waals surface area contributed by atoms with Crippen molar-refractivity contribution in [1.82, 2.24) is 0 Å². The van der Waals surface area contributed by atoms with E-state index in [1.807, 2.05) is 0 Å². The largest absolute Gasteiger partial charge is 0.299 e. The van der Waals surface area contributed by atoms with Gasteiger partial charge in [-0.3, -0.25) is 9.59 Å². The molecular formula is C10H16O2. The second-order valence-corrected chi connectivity index (χ2v) is 3.97. The Morgan fingerprint density at radius 2 is 1.75 bits per heavy atom. The van der Waals surface area contributed by atoms with E-state index in [1.165, 1.54) is 0 Å². The first-order valence-corrected chi connectivity index (χ1v) is 4.66. The lowest BCUT2D eigenvalue weighted by molar-refractivity contribution is -0.136. The van der Waals surface area contributed by atoms with Gasteiger partial charge in [-0.15, -0.1) is 0 Å². The van der Waals surface area contributed by atoms with E-state index in [0.29, 0.717) is 18.8 Å². The van der Waals surface area contributed by atoms with Crippen molar-refractivity contribution in [3.63, 3.8) is 0 Å². The molecule has 0 heterocycles. The topological polar surface area (TPSA) is 34.1 Å². The normalized spacial score (nSPS) is 20.6. The van der Waals surface area contributed by atoms with Crippen LogP contribution >= 0.6 is 0 Å². The van der Waals surface area contributed by atoms with Crippen LogP contribution in [0.4, 0.5) is 0 Å². The number of rotatable bonds is 2. The molecule has 1 saturated carbocycles. The van der Waals surface area contributed by atoms with Crippen molar-refractivity contribution in [1.29, 1.82) is 0 Å². The maximum absolute atomic E-state index is 11.3. The predicted molar refractivity (Wildman–Crippen MR) is 46.8 cm³/mol. The minimum absolute atomic E-state index is 0.167. The number of hydrogen-bond donors (Lipinski definition) is 0. The third-order valence-electron chi connectivity index (χ3n) is 2.33. The Labute approximate surface area is 73.3 Å². The lowest BCUT2D eigenvalue weighted by Crippen LogP contribution is -2.29. The Hall–Kier alpha value is -0.660. The zero-order chi connectivity index (χ0) is 9.14. The van der Waals surface area contributed by atoms with Crippen molar-refractivity contribution >= 4 is 11.6 Å². The van der Waals surface area contributed by atoms with E-state index in [4.69, 9.17) is 0 Å². The zero-order valence-electron chi connectivity index (χ0n) is 7.80. The molecule has 0 N–H and O–H groups in total. The molecule has 0 saturated heterocycles. The molecule has 0 aromatic heterocycles. The van der Waals surface area contributed by atoms with Gasteiger partial charge in [0, 0.05) is 12.8 Å². The average Bonchev–Trinajstić information content (AvgIpc) is 1.97. The van der Waals surface area contributed by atoms with Crippen LogP contribution in [0.5, 0.6) is 0 Å². The second-order valence-electron chi connectivity index (χ2n) is 3.97. The van der Waals surface area contributed by atoms with Gasteiger partial charge in [0.2, 0.25) is 0 Å². The summed E-state index contributed by atoms with van der Waals surface area (Å²) in [6.07, 6.45) is 2.75. The lowest BCUT2D eigenvalue weighted by Gasteiger charge is -2.20.